The van der Waals surface area contributed by atoms with Crippen molar-refractivity contribution in [2.75, 3.05) is 0 Å². The van der Waals surface area contributed by atoms with Gasteiger partial charge in [-0.05, 0) is 47.4 Å². The van der Waals surface area contributed by atoms with Gasteiger partial charge in [-0.1, -0.05) is 24.3 Å². The Morgan fingerprint density at radius 1 is 1.12 bits per heavy atom. The van der Waals surface area contributed by atoms with Gasteiger partial charge in [0.15, 0.2) is 0 Å². The molecule has 0 aromatic heterocycles. The summed E-state index contributed by atoms with van der Waals surface area (Å²) >= 11 is 0. The molecular weight excluding hydrogens is 203 g/mol. The Hall–Kier alpha value is -1.67. The van der Waals surface area contributed by atoms with E-state index >= 15 is 0 Å². The van der Waals surface area contributed by atoms with Gasteiger partial charge in [-0.3, -0.25) is 0 Å². The number of benzene rings is 2. The normalized spacial score (nSPS) is 10.4. The van der Waals surface area contributed by atoms with Crippen LogP contribution in [0.5, 0.6) is 0 Å². The lowest BCUT2D eigenvalue weighted by Gasteiger charge is -2.08. The molecular formula is C14H13FO. The van der Waals surface area contributed by atoms with Crippen LogP contribution in [0.2, 0.25) is 0 Å². The van der Waals surface area contributed by atoms with Crippen LogP contribution in [0, 0.1) is 12.7 Å². The fraction of sp³-hybridized carbons (Fsp3) is 0.143. The Kier molecular flexibility index (Phi) is 3.02. The monoisotopic (exact) mass is 216 g/mol. The van der Waals surface area contributed by atoms with Gasteiger partial charge in [0.05, 0.1) is 6.61 Å². The predicted octanol–water partition coefficient (Wildman–Crippen LogP) is 3.29. The molecule has 2 aromatic carbocycles. The third-order valence-corrected chi connectivity index (χ3v) is 2.62. The van der Waals surface area contributed by atoms with Crippen LogP contribution in [0.25, 0.3) is 11.1 Å². The molecule has 1 nitrogen and oxygen atoms in total. The molecule has 0 heterocycles. The first-order valence-corrected chi connectivity index (χ1v) is 5.17. The van der Waals surface area contributed by atoms with Gasteiger partial charge in [-0.2, -0.15) is 0 Å². The largest absolute Gasteiger partial charge is 0.392 e. The highest BCUT2D eigenvalue weighted by Crippen LogP contribution is 2.25. The van der Waals surface area contributed by atoms with Gasteiger partial charge >= 0.3 is 0 Å². The molecule has 1 N–H and O–H groups in total. The predicted molar refractivity (Wildman–Crippen MR) is 62.5 cm³/mol. The standard InChI is InChI=1S/C14H13FO/c1-10-5-6-11(9-16)7-14(10)12-3-2-4-13(15)8-12/h2-8,16H,9H2,1H3. The van der Waals surface area contributed by atoms with Gasteiger partial charge in [0, 0.05) is 0 Å². The molecule has 2 rings (SSSR count). The Labute approximate surface area is 94.2 Å². The molecule has 0 unspecified atom stereocenters. The first kappa shape index (κ1) is 10.8. The van der Waals surface area contributed by atoms with Crippen molar-refractivity contribution >= 4 is 0 Å². The van der Waals surface area contributed by atoms with Crippen molar-refractivity contribution < 1.29 is 9.50 Å². The maximum atomic E-state index is 13.1. The van der Waals surface area contributed by atoms with E-state index in [9.17, 15) is 4.39 Å². The van der Waals surface area contributed by atoms with Crippen molar-refractivity contribution in [1.29, 1.82) is 0 Å². The second kappa shape index (κ2) is 4.45. The lowest BCUT2D eigenvalue weighted by molar-refractivity contribution is 0.282. The lowest BCUT2D eigenvalue weighted by atomic mass is 9.98. The summed E-state index contributed by atoms with van der Waals surface area (Å²) in [6.07, 6.45) is 0. The van der Waals surface area contributed by atoms with Gasteiger partial charge in [0.1, 0.15) is 5.82 Å². The van der Waals surface area contributed by atoms with E-state index in [1.54, 1.807) is 6.07 Å². The van der Waals surface area contributed by atoms with Crippen molar-refractivity contribution in [3.63, 3.8) is 0 Å². The maximum Gasteiger partial charge on any atom is 0.123 e. The topological polar surface area (TPSA) is 20.2 Å². The molecule has 0 saturated heterocycles. The molecule has 0 atom stereocenters. The van der Waals surface area contributed by atoms with E-state index in [0.717, 1.165) is 22.3 Å². The van der Waals surface area contributed by atoms with E-state index in [4.69, 9.17) is 5.11 Å². The minimum atomic E-state index is -0.244. The van der Waals surface area contributed by atoms with Gasteiger partial charge in [-0.25, -0.2) is 4.39 Å². The number of rotatable bonds is 2. The van der Waals surface area contributed by atoms with Crippen molar-refractivity contribution in [3.05, 3.63) is 59.4 Å². The average Bonchev–Trinajstić information content (AvgIpc) is 2.30. The molecule has 0 fully saturated rings. The summed E-state index contributed by atoms with van der Waals surface area (Å²) < 4.78 is 13.1. The number of aliphatic hydroxyl groups is 1. The smallest absolute Gasteiger partial charge is 0.123 e. The number of hydrogen-bond donors (Lipinski definition) is 1. The second-order valence-electron chi connectivity index (χ2n) is 3.82. The molecule has 0 saturated carbocycles. The zero-order valence-electron chi connectivity index (χ0n) is 9.07. The van der Waals surface area contributed by atoms with Gasteiger partial charge < -0.3 is 5.11 Å². The van der Waals surface area contributed by atoms with E-state index in [2.05, 4.69) is 0 Å². The fourth-order valence-corrected chi connectivity index (χ4v) is 1.73. The Balaban J connectivity index is 2.54. The van der Waals surface area contributed by atoms with Crippen LogP contribution in [0.4, 0.5) is 4.39 Å². The number of aryl methyl sites for hydroxylation is 1. The van der Waals surface area contributed by atoms with E-state index in [1.807, 2.05) is 31.2 Å². The molecule has 2 aromatic rings. The second-order valence-corrected chi connectivity index (χ2v) is 3.82. The van der Waals surface area contributed by atoms with Gasteiger partial charge in [0.2, 0.25) is 0 Å². The highest BCUT2D eigenvalue weighted by Gasteiger charge is 2.04. The van der Waals surface area contributed by atoms with Crippen LogP contribution in [0.3, 0.4) is 0 Å². The van der Waals surface area contributed by atoms with E-state index in [0.29, 0.717) is 0 Å². The maximum absolute atomic E-state index is 13.1. The van der Waals surface area contributed by atoms with Crippen molar-refractivity contribution in [1.82, 2.24) is 0 Å². The van der Waals surface area contributed by atoms with E-state index in [1.165, 1.54) is 12.1 Å². The van der Waals surface area contributed by atoms with Crippen LogP contribution in [-0.4, -0.2) is 5.11 Å². The molecule has 16 heavy (non-hydrogen) atoms. The SMILES string of the molecule is Cc1ccc(CO)cc1-c1cccc(F)c1. The quantitative estimate of drug-likeness (QED) is 0.816. The van der Waals surface area contributed by atoms with Crippen molar-refractivity contribution in [2.45, 2.75) is 13.5 Å². The molecule has 0 amide bonds. The number of hydrogen-bond acceptors (Lipinski definition) is 1. The van der Waals surface area contributed by atoms with Crippen molar-refractivity contribution in [2.24, 2.45) is 0 Å². The van der Waals surface area contributed by atoms with Crippen LogP contribution in [-0.2, 0) is 6.61 Å². The number of aliphatic hydroxyl groups excluding tert-OH is 1. The summed E-state index contributed by atoms with van der Waals surface area (Å²) in [5.41, 5.74) is 3.71. The fourth-order valence-electron chi connectivity index (χ4n) is 1.73. The first-order chi connectivity index (χ1) is 7.70. The van der Waals surface area contributed by atoms with Gasteiger partial charge in [0.25, 0.3) is 0 Å². The minimum absolute atomic E-state index is 0.00258. The third kappa shape index (κ3) is 2.12. The molecule has 0 aliphatic carbocycles. The lowest BCUT2D eigenvalue weighted by Crippen LogP contribution is -1.89. The highest BCUT2D eigenvalue weighted by atomic mass is 19.1. The van der Waals surface area contributed by atoms with Crippen LogP contribution >= 0.6 is 0 Å². The van der Waals surface area contributed by atoms with Crippen molar-refractivity contribution in [3.8, 4) is 11.1 Å². The van der Waals surface area contributed by atoms with Crippen LogP contribution in [0.1, 0.15) is 11.1 Å². The molecule has 0 radical (unpaired) electrons. The van der Waals surface area contributed by atoms with E-state index in [-0.39, 0.29) is 12.4 Å². The highest BCUT2D eigenvalue weighted by molar-refractivity contribution is 5.67. The van der Waals surface area contributed by atoms with Gasteiger partial charge in [-0.15, -0.1) is 0 Å². The van der Waals surface area contributed by atoms with Crippen LogP contribution in [0.15, 0.2) is 42.5 Å². The average molecular weight is 216 g/mol. The summed E-state index contributed by atoms with van der Waals surface area (Å²) in [7, 11) is 0. The molecule has 0 spiro atoms. The minimum Gasteiger partial charge on any atom is -0.392 e. The molecule has 0 aliphatic heterocycles. The molecule has 0 bridgehead atoms. The first-order valence-electron chi connectivity index (χ1n) is 5.17. The van der Waals surface area contributed by atoms with Crippen LogP contribution < -0.4 is 0 Å². The summed E-state index contributed by atoms with van der Waals surface area (Å²) in [6.45, 7) is 1.98. The van der Waals surface area contributed by atoms with E-state index < -0.39 is 0 Å². The molecule has 82 valence electrons. The molecule has 2 heteroatoms. The Morgan fingerprint density at radius 3 is 2.62 bits per heavy atom. The summed E-state index contributed by atoms with van der Waals surface area (Å²) in [5.74, 6) is -0.244. The number of halogens is 1. The zero-order valence-corrected chi connectivity index (χ0v) is 9.07. The third-order valence-electron chi connectivity index (χ3n) is 2.62. The molecule has 0 aliphatic rings. The summed E-state index contributed by atoms with van der Waals surface area (Å²) in [4.78, 5) is 0. The Morgan fingerprint density at radius 2 is 1.94 bits per heavy atom. The summed E-state index contributed by atoms with van der Waals surface area (Å²) in [5, 5.41) is 9.08. The zero-order chi connectivity index (χ0) is 11.5. The summed E-state index contributed by atoms with van der Waals surface area (Å²) in [6, 6.07) is 12.2. The Bertz CT molecular complexity index is 506.